The topological polar surface area (TPSA) is 93.7 Å². The Bertz CT molecular complexity index is 850. The van der Waals surface area contributed by atoms with Gasteiger partial charge in [0.15, 0.2) is 6.61 Å². The van der Waals surface area contributed by atoms with Crippen LogP contribution in [0.4, 0.5) is 5.69 Å². The van der Waals surface area contributed by atoms with Crippen molar-refractivity contribution in [1.29, 1.82) is 0 Å². The molecule has 26 heavy (non-hydrogen) atoms. The van der Waals surface area contributed by atoms with Gasteiger partial charge in [-0.25, -0.2) is 8.42 Å². The first-order valence-electron chi connectivity index (χ1n) is 7.91. The number of hydrogen-bond acceptors (Lipinski definition) is 5. The molecule has 2 N–H and O–H groups in total. The Morgan fingerprint density at radius 2 is 1.77 bits per heavy atom. The molecule has 0 saturated carbocycles. The van der Waals surface area contributed by atoms with E-state index in [2.05, 4.69) is 10.0 Å². The number of methoxy groups -OCH3 is 1. The van der Waals surface area contributed by atoms with Crippen molar-refractivity contribution in [2.75, 3.05) is 24.7 Å². The normalized spacial score (nSPS) is 12.1. The first-order valence-corrected chi connectivity index (χ1v) is 9.80. The Morgan fingerprint density at radius 1 is 1.12 bits per heavy atom. The molecule has 8 heteroatoms. The number of sulfonamides is 1. The van der Waals surface area contributed by atoms with E-state index in [4.69, 9.17) is 9.47 Å². The van der Waals surface area contributed by atoms with Crippen LogP contribution in [0.1, 0.15) is 18.5 Å². The highest BCUT2D eigenvalue weighted by Crippen LogP contribution is 2.19. The summed E-state index contributed by atoms with van der Waals surface area (Å²) < 4.78 is 35.5. The van der Waals surface area contributed by atoms with E-state index in [9.17, 15) is 13.2 Å². The van der Waals surface area contributed by atoms with Gasteiger partial charge in [-0.1, -0.05) is 12.1 Å². The third-order valence-corrected chi connectivity index (χ3v) is 4.10. The Morgan fingerprint density at radius 3 is 2.38 bits per heavy atom. The largest absolute Gasteiger partial charge is 0.497 e. The average molecular weight is 378 g/mol. The van der Waals surface area contributed by atoms with Crippen molar-refractivity contribution in [3.05, 3.63) is 54.1 Å². The predicted molar refractivity (Wildman–Crippen MR) is 100.0 cm³/mol. The highest BCUT2D eigenvalue weighted by Gasteiger charge is 2.11. The number of carbonyl (C=O) groups is 1. The molecule has 7 nitrogen and oxygen atoms in total. The van der Waals surface area contributed by atoms with Gasteiger partial charge in [0.05, 0.1) is 19.4 Å². The van der Waals surface area contributed by atoms with E-state index in [0.717, 1.165) is 11.8 Å². The molecule has 0 saturated heterocycles. The molecule has 0 heterocycles. The Labute approximate surface area is 153 Å². The minimum atomic E-state index is -3.35. The van der Waals surface area contributed by atoms with Crippen LogP contribution in [-0.2, 0) is 14.8 Å². The summed E-state index contributed by atoms with van der Waals surface area (Å²) in [5.74, 6) is 0.987. The van der Waals surface area contributed by atoms with Crippen LogP contribution in [0, 0.1) is 0 Å². The van der Waals surface area contributed by atoms with Crippen LogP contribution in [0.15, 0.2) is 48.5 Å². The van der Waals surface area contributed by atoms with Crippen molar-refractivity contribution in [1.82, 2.24) is 5.32 Å². The molecular formula is C18H22N2O5S. The summed E-state index contributed by atoms with van der Waals surface area (Å²) in [4.78, 5) is 12.1. The Hall–Kier alpha value is -2.74. The molecule has 0 aliphatic heterocycles. The molecule has 0 aromatic heterocycles. The molecule has 1 amide bonds. The molecule has 1 unspecified atom stereocenters. The van der Waals surface area contributed by atoms with E-state index < -0.39 is 10.0 Å². The lowest BCUT2D eigenvalue weighted by Crippen LogP contribution is -2.31. The molecule has 0 bridgehead atoms. The van der Waals surface area contributed by atoms with E-state index in [0.29, 0.717) is 17.2 Å². The van der Waals surface area contributed by atoms with Gasteiger partial charge in [0.2, 0.25) is 10.0 Å². The summed E-state index contributed by atoms with van der Waals surface area (Å²) in [6, 6.07) is 13.5. The average Bonchev–Trinajstić information content (AvgIpc) is 2.59. The van der Waals surface area contributed by atoms with Gasteiger partial charge in [-0.2, -0.15) is 0 Å². The zero-order chi connectivity index (χ0) is 19.2. The van der Waals surface area contributed by atoms with Crippen molar-refractivity contribution >= 4 is 21.6 Å². The summed E-state index contributed by atoms with van der Waals surface area (Å²) in [6.45, 7) is 1.68. The van der Waals surface area contributed by atoms with Crippen molar-refractivity contribution in [2.45, 2.75) is 13.0 Å². The maximum Gasteiger partial charge on any atom is 0.258 e. The maximum atomic E-state index is 12.1. The maximum absolute atomic E-state index is 12.1. The second-order valence-corrected chi connectivity index (χ2v) is 7.50. The summed E-state index contributed by atoms with van der Waals surface area (Å²) in [5.41, 5.74) is 1.22. The zero-order valence-corrected chi connectivity index (χ0v) is 15.7. The van der Waals surface area contributed by atoms with Crippen LogP contribution in [0.5, 0.6) is 11.5 Å². The van der Waals surface area contributed by atoms with E-state index in [1.165, 1.54) is 0 Å². The van der Waals surface area contributed by atoms with Gasteiger partial charge in [-0.3, -0.25) is 9.52 Å². The van der Waals surface area contributed by atoms with Crippen LogP contribution >= 0.6 is 0 Å². The second-order valence-electron chi connectivity index (χ2n) is 5.75. The van der Waals surface area contributed by atoms with Crippen molar-refractivity contribution in [3.8, 4) is 11.5 Å². The molecule has 140 valence electrons. The van der Waals surface area contributed by atoms with Crippen LogP contribution in [-0.4, -0.2) is 34.3 Å². The van der Waals surface area contributed by atoms with Crippen molar-refractivity contribution < 1.29 is 22.7 Å². The van der Waals surface area contributed by atoms with Crippen LogP contribution in [0.3, 0.4) is 0 Å². The van der Waals surface area contributed by atoms with Gasteiger partial charge < -0.3 is 14.8 Å². The van der Waals surface area contributed by atoms with Gasteiger partial charge in [-0.05, 0) is 48.9 Å². The number of anilines is 1. The predicted octanol–water partition coefficient (Wildman–Crippen LogP) is 2.32. The number of rotatable bonds is 8. The van der Waals surface area contributed by atoms with Gasteiger partial charge >= 0.3 is 0 Å². The lowest BCUT2D eigenvalue weighted by atomic mass is 10.1. The number of amides is 1. The molecule has 2 rings (SSSR count). The van der Waals surface area contributed by atoms with E-state index in [-0.39, 0.29) is 18.6 Å². The van der Waals surface area contributed by atoms with Gasteiger partial charge in [-0.15, -0.1) is 0 Å². The monoisotopic (exact) mass is 378 g/mol. The molecule has 0 fully saturated rings. The third-order valence-electron chi connectivity index (χ3n) is 3.50. The fourth-order valence-electron chi connectivity index (χ4n) is 2.27. The summed E-state index contributed by atoms with van der Waals surface area (Å²) >= 11 is 0. The first-order chi connectivity index (χ1) is 12.3. The molecule has 0 aliphatic rings. The Kier molecular flexibility index (Phi) is 6.46. The summed E-state index contributed by atoms with van der Waals surface area (Å²) in [6.07, 6.45) is 1.08. The molecule has 2 aromatic carbocycles. The molecule has 0 aliphatic carbocycles. The number of nitrogens with one attached hydrogen (secondary N) is 2. The number of carbonyl (C=O) groups excluding carboxylic acids is 1. The fraction of sp³-hybridized carbons (Fsp3) is 0.278. The first kappa shape index (κ1) is 19.6. The molecule has 0 spiro atoms. The Balaban J connectivity index is 1.90. The van der Waals surface area contributed by atoms with E-state index >= 15 is 0 Å². The van der Waals surface area contributed by atoms with E-state index in [1.54, 1.807) is 49.6 Å². The number of benzene rings is 2. The van der Waals surface area contributed by atoms with Gasteiger partial charge in [0.1, 0.15) is 11.5 Å². The minimum absolute atomic E-state index is 0.127. The zero-order valence-electron chi connectivity index (χ0n) is 14.9. The quantitative estimate of drug-likeness (QED) is 0.735. The highest BCUT2D eigenvalue weighted by atomic mass is 32.2. The standard InChI is InChI=1S/C18H22N2O5S/c1-13(14-5-4-6-15(11-14)20-26(3,22)23)19-18(21)12-25-17-9-7-16(24-2)8-10-17/h4-11,13,20H,12H2,1-3H3,(H,19,21). The number of ether oxygens (including phenoxy) is 2. The fourth-order valence-corrected chi connectivity index (χ4v) is 2.83. The molecule has 1 atom stereocenters. The molecular weight excluding hydrogens is 356 g/mol. The summed E-state index contributed by atoms with van der Waals surface area (Å²) in [7, 11) is -1.78. The van der Waals surface area contributed by atoms with Crippen molar-refractivity contribution in [3.63, 3.8) is 0 Å². The minimum Gasteiger partial charge on any atom is -0.497 e. The molecule has 0 radical (unpaired) electrons. The van der Waals surface area contributed by atoms with Crippen LogP contribution < -0.4 is 19.5 Å². The smallest absolute Gasteiger partial charge is 0.258 e. The lowest BCUT2D eigenvalue weighted by molar-refractivity contribution is -0.123. The van der Waals surface area contributed by atoms with Gasteiger partial charge in [0.25, 0.3) is 5.91 Å². The number of hydrogen-bond donors (Lipinski definition) is 2. The third kappa shape index (κ3) is 6.29. The summed E-state index contributed by atoms with van der Waals surface area (Å²) in [5, 5.41) is 2.81. The second kappa shape index (κ2) is 8.57. The van der Waals surface area contributed by atoms with E-state index in [1.807, 2.05) is 13.0 Å². The van der Waals surface area contributed by atoms with Crippen molar-refractivity contribution in [2.24, 2.45) is 0 Å². The SMILES string of the molecule is COc1ccc(OCC(=O)NC(C)c2cccc(NS(C)(=O)=O)c2)cc1. The van der Waals surface area contributed by atoms with Crippen LogP contribution in [0.25, 0.3) is 0 Å². The lowest BCUT2D eigenvalue weighted by Gasteiger charge is -2.16. The van der Waals surface area contributed by atoms with Crippen LogP contribution in [0.2, 0.25) is 0 Å². The van der Waals surface area contributed by atoms with Gasteiger partial charge in [0, 0.05) is 5.69 Å². The molecule has 2 aromatic rings. The highest BCUT2D eigenvalue weighted by molar-refractivity contribution is 7.92.